The highest BCUT2D eigenvalue weighted by molar-refractivity contribution is 8.24. The van der Waals surface area contributed by atoms with E-state index in [-0.39, 0.29) is 119 Å². The predicted octanol–water partition coefficient (Wildman–Crippen LogP) is 26.7. The van der Waals surface area contributed by atoms with Crippen LogP contribution >= 0.6 is 101 Å². The number of halogens is 10. The number of alkyl halides is 4. The minimum absolute atomic E-state index is 0. The molecule has 13 rings (SSSR count). The fourth-order valence-corrected chi connectivity index (χ4v) is 19.9. The van der Waals surface area contributed by atoms with Crippen LogP contribution in [0.15, 0.2) is 219 Å². The summed E-state index contributed by atoms with van der Waals surface area (Å²) in [6.07, 6.45) is -5.49. The average molecular weight is 2300 g/mol. The molecule has 0 aliphatic carbocycles. The van der Waals surface area contributed by atoms with Gasteiger partial charge in [0.25, 0.3) is 5.85 Å². The third-order valence-electron chi connectivity index (χ3n) is 21.9. The van der Waals surface area contributed by atoms with Crippen molar-refractivity contribution in [3.05, 3.63) is 236 Å². The van der Waals surface area contributed by atoms with Crippen molar-refractivity contribution in [2.75, 3.05) is 51.2 Å². The molecule has 14 atom stereocenters. The summed E-state index contributed by atoms with van der Waals surface area (Å²) in [4.78, 5) is 63.8. The molecule has 2 aliphatic rings. The molecule has 7 aromatic carbocycles. The molecule has 0 amide bonds. The molecule has 149 heavy (non-hydrogen) atoms. The van der Waals surface area contributed by atoms with Crippen LogP contribution in [0.2, 0.25) is 0 Å². The summed E-state index contributed by atoms with van der Waals surface area (Å²) in [6, 6.07) is 56.7. The summed E-state index contributed by atoms with van der Waals surface area (Å²) in [5.74, 6) is -7.87. The van der Waals surface area contributed by atoms with E-state index < -0.39 is 136 Å². The Morgan fingerprint density at radius 2 is 0.839 bits per heavy atom. The van der Waals surface area contributed by atoms with E-state index in [9.17, 15) is 42.3 Å². The molecule has 0 saturated carbocycles. The van der Waals surface area contributed by atoms with Crippen LogP contribution in [0, 0.1) is 11.8 Å². The van der Waals surface area contributed by atoms with E-state index in [1.807, 2.05) is 126 Å². The highest BCUT2D eigenvalue weighted by Gasteiger charge is 2.66. The first kappa shape index (κ1) is 130. The Balaban J connectivity index is 0.000000397. The third kappa shape index (κ3) is 36.6. The van der Waals surface area contributed by atoms with Gasteiger partial charge in [0.05, 0.1) is 45.5 Å². The van der Waals surface area contributed by atoms with E-state index in [0.29, 0.717) is 49.5 Å². The summed E-state index contributed by atoms with van der Waals surface area (Å²) in [6.45, 7) is 17.3. The number of aliphatic hydroxyl groups excluding tert-OH is 1. The highest BCUT2D eigenvalue weighted by atomic mass is 36.0. The summed E-state index contributed by atoms with van der Waals surface area (Å²) in [5, 5.41) is 18.7. The molecular weight excluding hydrogens is 2170 g/mol. The van der Waals surface area contributed by atoms with E-state index in [1.54, 1.807) is 118 Å². The van der Waals surface area contributed by atoms with Gasteiger partial charge in [-0.05, 0) is 191 Å². The van der Waals surface area contributed by atoms with Gasteiger partial charge in [0, 0.05) is 33.7 Å². The lowest BCUT2D eigenvalue weighted by molar-refractivity contribution is -0.202. The predicted molar refractivity (Wildman–Crippen MR) is 574 cm³/mol. The number of methoxy groups -OCH3 is 1. The largest absolute Gasteiger partial charge is 0.497 e. The number of carbonyl (C=O) groups excluding carboxylic acids is 3. The number of anilines is 2. The van der Waals surface area contributed by atoms with Gasteiger partial charge < -0.3 is 72.1 Å². The molecule has 0 bridgehead atoms. The lowest BCUT2D eigenvalue weighted by Gasteiger charge is -2.37. The Labute approximate surface area is 895 Å². The normalized spacial score (nSPS) is 20.1. The van der Waals surface area contributed by atoms with E-state index >= 15 is 17.6 Å². The van der Waals surface area contributed by atoms with Crippen LogP contribution in [0.3, 0.4) is 0 Å². The molecule has 2 saturated heterocycles. The molecule has 36 nitrogen and oxygen atoms in total. The number of para-hydroxylation sites is 4. The first-order valence-corrected chi connectivity index (χ1v) is 59.0. The number of ether oxygens (including phenoxy) is 8. The van der Waals surface area contributed by atoms with Crippen molar-refractivity contribution >= 4 is 153 Å². The van der Waals surface area contributed by atoms with Gasteiger partial charge >= 0.3 is 51.5 Å². The van der Waals surface area contributed by atoms with Crippen molar-refractivity contribution in [3.8, 4) is 40.5 Å². The Morgan fingerprint density at radius 3 is 1.23 bits per heavy atom. The second kappa shape index (κ2) is 58.0. The number of imidazole rings is 2. The van der Waals surface area contributed by atoms with Crippen LogP contribution < -0.4 is 58.6 Å². The molecule has 0 radical (unpaired) electrons. The average Bonchev–Trinajstić information content (AvgIpc) is 1.57. The zero-order valence-electron chi connectivity index (χ0n) is 81.5. The molecule has 6 heterocycles. The molecule has 4 aromatic heterocycles. The van der Waals surface area contributed by atoms with Crippen LogP contribution in [0.4, 0.5) is 29.5 Å². The zero-order chi connectivity index (χ0) is 107. The fraction of sp³-hybridized carbons (Fsp3) is 0.439. The molecule has 3 unspecified atom stereocenters. The Kier molecular flexibility index (Phi) is 50.6. The minimum atomic E-state index is -4.59. The molecule has 822 valence electrons. The van der Waals surface area contributed by atoms with E-state index in [4.69, 9.17) is 110 Å². The molecule has 11 aromatic rings. The van der Waals surface area contributed by atoms with Gasteiger partial charge in [0.2, 0.25) is 29.5 Å². The molecular formula is C98H132Cl6F4N13O23P5. The van der Waals surface area contributed by atoms with E-state index in [0.717, 1.165) is 34.5 Å². The molecule has 2 aliphatic heterocycles. The number of benzene rings is 7. The highest BCUT2D eigenvalue weighted by Crippen LogP contribution is 2.62. The number of nitrogens with two attached hydrogens (primary N) is 1. The second-order valence-electron chi connectivity index (χ2n) is 33.3. The number of hydrogen-bond acceptors (Lipinski definition) is 31. The number of carbonyl (C=O) groups is 3. The Morgan fingerprint density at radius 1 is 0.483 bits per heavy atom. The van der Waals surface area contributed by atoms with Gasteiger partial charge in [-0.25, -0.2) is 50.9 Å². The number of aliphatic hydroxyl groups is 1. The van der Waals surface area contributed by atoms with E-state index in [1.165, 1.54) is 69.8 Å². The lowest BCUT2D eigenvalue weighted by atomic mass is 9.77. The maximum absolute atomic E-state index is 17.4. The maximum Gasteiger partial charge on any atom is 0.459 e. The number of aromatic nitrogens is 8. The van der Waals surface area contributed by atoms with E-state index in [2.05, 4.69) is 78.8 Å². The van der Waals surface area contributed by atoms with Gasteiger partial charge in [-0.15, -0.1) is 0 Å². The molecule has 51 heteroatoms. The zero-order valence-corrected chi connectivity index (χ0v) is 90.5. The molecule has 7 N–H and O–H groups in total. The van der Waals surface area contributed by atoms with Gasteiger partial charge in [-0.1, -0.05) is 224 Å². The molecule has 2 fully saturated rings. The third-order valence-corrected chi connectivity index (χ3v) is 27.6. The van der Waals surface area contributed by atoms with Gasteiger partial charge in [0.1, 0.15) is 77.8 Å². The minimum Gasteiger partial charge on any atom is -0.497 e. The summed E-state index contributed by atoms with van der Waals surface area (Å²) in [5.41, 5.74) is 2.25. The number of nitrogen functional groups attached to an aromatic ring is 1. The van der Waals surface area contributed by atoms with Crippen LogP contribution in [-0.2, 0) is 75.5 Å². The number of nitrogens with zero attached hydrogens (tertiary/aromatic N) is 8. The number of esters is 3. The topological polar surface area (TPSA) is 447 Å². The fourth-order valence-electron chi connectivity index (χ4n) is 14.4. The molecule has 0 spiro atoms. The van der Waals surface area contributed by atoms with Crippen molar-refractivity contribution in [1.82, 2.24) is 54.3 Å². The Bertz CT molecular complexity index is 6220. The van der Waals surface area contributed by atoms with Crippen LogP contribution in [0.25, 0.3) is 22.3 Å². The monoisotopic (exact) mass is 2300 g/mol. The van der Waals surface area contributed by atoms with Crippen LogP contribution in [0.5, 0.6) is 40.5 Å². The number of hydrogen-bond donors (Lipinski definition) is 6. The SMILES string of the molecule is C.C.C.C.CC(C)COC(=O)[C@H](C)NP(=O)(Cl)Oc1ccccc1.CCOc1nc(N)nc2c1ncn2[C@@H]1O[C@](F)(COP(=O)(N[C@@H](C)C(=O)OC(CC)CC)Oc2ccccc2)[C@@H](O)[C@@]1(C)F.CCOc1nc(NC(c2ccccc2)(c2ccccc2)c2ccc(OC)cc2)nc2c1ncn2[C@@H]1O[C@](F)(COP(=O)(N[C@@H](C)C(=O)OC(CC)CC)Oc2ccccc2)[C@@H](C)[C@@]1(C)F.O=P(Cl)(Cl)Cl.O=P(Cl)(Cl)Oc1ccccc1. The Hall–Kier alpha value is -9.46. The van der Waals surface area contributed by atoms with Gasteiger partial charge in [0.15, 0.2) is 52.2 Å². The quantitative estimate of drug-likeness (QED) is 0.00679. The standard InChI is InChI=1S/C48H55F2N6O8P.C27H37F2N6O8P.C13H19ClNO4P.C6H5Cl2O2P.4CH4.Cl3OP/c1-8-37(9-2)62-43(57)32(4)55-65(58,64-39-24-18-13-19-25-39)61-30-47(50)33(5)46(6,49)44(63-47)56-31-51-40-41(56)52-45(53-42(40)60-10-3)54-48(34-20-14-11-15-21-34,35-22-16-12-17-23-35)36-26-28-38(59-7)29-27-36;1-6-17(7-2)41-22(36)16(4)34-44(38,43-18-12-10-9-11-13-18)40-14-27(29)23(37)26(5,28)24(42-27)35-15-31-19-20(35)32-25(30)33-21(19)39-8-3;1-10(2)9-18-13(16)11(3)15-20(14,17)19-12-7-5-4-6-8-12;7-11(8,9)10-6-4-2-1-3-5-6;;;;;1-5(2,3)4/h11-29,31-33,37,44H,8-10,30H2,1-7H3,(H,55,58)(H,52,53,54);9-13,15-17,23-24,37H,6-8,14H2,1-5H3,(H,34,38)(H2,30,32,33);4-8,10-11H,9H2,1-3H3,(H,15,17);1-5H;4*1H4;/t32-,33-,44+,46+,47+,65?;16-,23-,24+,26+,27+,44?;11-,20?;;;;;;/m000....../s1. The first-order valence-electron chi connectivity index (χ1n) is 45.5. The number of rotatable bonds is 43. The van der Waals surface area contributed by atoms with Crippen molar-refractivity contribution < 1.29 is 125 Å². The smallest absolute Gasteiger partial charge is 0.459 e. The number of fused-ring (bicyclic) bond motifs is 2. The lowest BCUT2D eigenvalue weighted by Crippen LogP contribution is -2.47. The van der Waals surface area contributed by atoms with Crippen molar-refractivity contribution in [1.29, 1.82) is 0 Å². The summed E-state index contributed by atoms with van der Waals surface area (Å²) < 4.78 is 207. The van der Waals surface area contributed by atoms with Crippen LogP contribution in [0.1, 0.15) is 181 Å². The van der Waals surface area contributed by atoms with Crippen molar-refractivity contribution in [3.63, 3.8) is 0 Å². The van der Waals surface area contributed by atoms with Gasteiger partial charge in [-0.2, -0.15) is 30.1 Å². The van der Waals surface area contributed by atoms with Crippen molar-refractivity contribution in [2.45, 2.75) is 230 Å². The summed E-state index contributed by atoms with van der Waals surface area (Å²) >= 11 is 30.0. The van der Waals surface area contributed by atoms with Crippen LogP contribution in [-0.4, -0.2) is 162 Å². The van der Waals surface area contributed by atoms with Crippen molar-refractivity contribution in [2.24, 2.45) is 11.8 Å². The second-order valence-corrected chi connectivity index (χ2v) is 50.3. The summed E-state index contributed by atoms with van der Waals surface area (Å²) in [7, 11) is -7.57. The van der Waals surface area contributed by atoms with Gasteiger partial charge in [-0.3, -0.25) is 37.1 Å². The maximum atomic E-state index is 17.4. The first-order chi connectivity index (χ1) is 68.3. The number of nitrogens with one attached hydrogen (secondary N) is 4.